The zero-order valence-electron chi connectivity index (χ0n) is 50.7. The van der Waals surface area contributed by atoms with Crippen LogP contribution < -0.4 is 67.8 Å². The number of imidazole rings is 1. The van der Waals surface area contributed by atoms with Gasteiger partial charge in [0.25, 0.3) is 5.56 Å². The van der Waals surface area contributed by atoms with Crippen molar-refractivity contribution in [3.63, 3.8) is 0 Å². The number of hydrogen-bond acceptors (Lipinski definition) is 31. The molecule has 19 atom stereocenters. The number of amides is 5. The number of ether oxygens (including phenoxy) is 6. The highest BCUT2D eigenvalue weighted by Crippen LogP contribution is 2.36. The first-order valence-electron chi connectivity index (χ1n) is 30.0. The molecule has 0 bridgehead atoms. The third kappa shape index (κ3) is 19.3. The van der Waals surface area contributed by atoms with Gasteiger partial charge in [-0.2, -0.15) is 23.5 Å². The number of nitrogens with zero attached hydrogens (tertiary/aromatic N) is 7. The average molecular weight is 1350 g/mol. The van der Waals surface area contributed by atoms with E-state index in [0.717, 1.165) is 40.1 Å². The number of aryl methyl sites for hydroxylation is 1. The number of rotatable bonds is 33. The molecule has 39 heteroatoms. The highest BCUT2D eigenvalue weighted by atomic mass is 32.2. The van der Waals surface area contributed by atoms with Gasteiger partial charge in [0.1, 0.15) is 86.0 Å². The first-order chi connectivity index (χ1) is 43.8. The van der Waals surface area contributed by atoms with Crippen LogP contribution in [0, 0.1) is 6.92 Å². The van der Waals surface area contributed by atoms with Crippen molar-refractivity contribution in [2.24, 2.45) is 40.1 Å². The van der Waals surface area contributed by atoms with Gasteiger partial charge in [-0.3, -0.25) is 38.3 Å². The minimum absolute atomic E-state index is 0.0538. The number of anilines is 1. The van der Waals surface area contributed by atoms with Crippen LogP contribution >= 0.6 is 23.5 Å². The molecule has 92 heavy (non-hydrogen) atoms. The third-order valence-corrected chi connectivity index (χ3v) is 18.2. The second kappa shape index (κ2) is 34.7. The number of nitrogens with two attached hydrogens (primary N) is 8. The topological polar surface area (TPSA) is 599 Å². The van der Waals surface area contributed by atoms with E-state index < -0.39 is 171 Å². The normalized spacial score (nSPS) is 30.7. The van der Waals surface area contributed by atoms with Gasteiger partial charge in [-0.1, -0.05) is 12.8 Å². The number of thioether (sulfide) groups is 2. The van der Waals surface area contributed by atoms with Crippen LogP contribution in [0.4, 0.5) is 5.82 Å². The lowest BCUT2D eigenvalue weighted by Gasteiger charge is -2.47. The summed E-state index contributed by atoms with van der Waals surface area (Å²) in [6.45, 7) is -1.37. The maximum Gasteiger partial charge on any atom is 0.328 e. The summed E-state index contributed by atoms with van der Waals surface area (Å²) in [6, 6.07) is -4.37. The fourth-order valence-corrected chi connectivity index (χ4v) is 12.7. The average Bonchev–Trinajstić information content (AvgIpc) is 1.38. The van der Waals surface area contributed by atoms with Gasteiger partial charge in [-0.25, -0.2) is 19.7 Å². The van der Waals surface area contributed by atoms with E-state index in [0.29, 0.717) is 11.5 Å². The van der Waals surface area contributed by atoms with E-state index in [1.165, 1.54) is 53.9 Å². The van der Waals surface area contributed by atoms with Gasteiger partial charge < -0.3 is 130 Å². The van der Waals surface area contributed by atoms with Gasteiger partial charge in [0, 0.05) is 68.9 Å². The molecule has 7 rings (SSSR count). The maximum absolute atomic E-state index is 13.6. The van der Waals surface area contributed by atoms with Crippen molar-refractivity contribution in [1.82, 2.24) is 49.5 Å². The highest BCUT2D eigenvalue weighted by Gasteiger charge is 2.54. The molecule has 37 nitrogen and oxygen atoms in total. The second-order valence-electron chi connectivity index (χ2n) is 22.9. The molecular formula is C53H88N18O19S2. The predicted molar refractivity (Wildman–Crippen MR) is 329 cm³/mol. The highest BCUT2D eigenvalue weighted by molar-refractivity contribution is 8.00. The number of carbonyl (C=O) groups excluding carboxylic acids is 5. The predicted octanol–water partition coefficient (Wildman–Crippen LogP) is -10.2. The molecular weight excluding hydrogens is 1260 g/mol. The van der Waals surface area contributed by atoms with Crippen molar-refractivity contribution < 1.29 is 83.0 Å². The lowest BCUT2D eigenvalue weighted by molar-refractivity contribution is -0.306. The van der Waals surface area contributed by atoms with Gasteiger partial charge in [-0.05, 0) is 37.7 Å². The van der Waals surface area contributed by atoms with E-state index in [2.05, 4.69) is 30.6 Å². The van der Waals surface area contributed by atoms with Gasteiger partial charge in [0.05, 0.1) is 49.5 Å². The second-order valence-corrected chi connectivity index (χ2v) is 25.2. The molecule has 516 valence electrons. The Bertz CT molecular complexity index is 3050. The third-order valence-electron chi connectivity index (χ3n) is 16.1. The lowest BCUT2D eigenvalue weighted by Crippen LogP contribution is -2.68. The Kier molecular flexibility index (Phi) is 27.8. The van der Waals surface area contributed by atoms with Gasteiger partial charge in [-0.15, -0.1) is 0 Å². The summed E-state index contributed by atoms with van der Waals surface area (Å²) < 4.78 is 39.0. The number of fused-ring (bicyclic) bond motifs is 1. The number of aliphatic hydroxyl groups is 6. The quantitative estimate of drug-likeness (QED) is 0.0252. The molecule has 1 aliphatic carbocycles. The van der Waals surface area contributed by atoms with E-state index >= 15 is 0 Å². The summed E-state index contributed by atoms with van der Waals surface area (Å²) in [6.07, 6.45) is -13.0. The fourth-order valence-electron chi connectivity index (χ4n) is 10.8. The van der Waals surface area contributed by atoms with Crippen molar-refractivity contribution in [1.29, 1.82) is 0 Å². The molecule has 25 N–H and O–H groups in total. The Morgan fingerprint density at radius 1 is 0.674 bits per heavy atom. The molecule has 4 aliphatic rings. The summed E-state index contributed by atoms with van der Waals surface area (Å²) in [5.74, 6) is -1.40. The van der Waals surface area contributed by atoms with E-state index in [1.807, 2.05) is 0 Å². The van der Waals surface area contributed by atoms with Crippen molar-refractivity contribution in [2.75, 3.05) is 81.1 Å². The number of H-pyrrole nitrogens is 1. The fraction of sp³-hybridized carbons (Fsp3) is 0.736. The van der Waals surface area contributed by atoms with Crippen LogP contribution in [0.5, 0.6) is 0 Å². The molecule has 0 spiro atoms. The number of nitrogen functional groups attached to an aromatic ring is 1. The zero-order valence-corrected chi connectivity index (χ0v) is 52.3. The van der Waals surface area contributed by atoms with Crippen molar-refractivity contribution in [2.45, 2.75) is 168 Å². The van der Waals surface area contributed by atoms with Crippen LogP contribution in [0.1, 0.15) is 37.7 Å². The summed E-state index contributed by atoms with van der Waals surface area (Å²) in [5.41, 5.74) is 47.3. The monoisotopic (exact) mass is 1340 g/mol. The largest absolute Gasteiger partial charge is 0.389 e. The Hall–Kier alpha value is -5.64. The molecule has 5 amide bonds. The lowest BCUT2D eigenvalue weighted by atomic mass is 9.84. The van der Waals surface area contributed by atoms with Gasteiger partial charge in [0.15, 0.2) is 30.3 Å². The molecule has 3 saturated heterocycles. The number of aromatic nitrogens is 6. The molecule has 0 radical (unpaired) electrons. The van der Waals surface area contributed by atoms with E-state index in [4.69, 9.17) is 74.3 Å². The van der Waals surface area contributed by atoms with E-state index in [9.17, 15) is 64.2 Å². The Balaban J connectivity index is 0.860. The first-order valence-corrected chi connectivity index (χ1v) is 32.3. The molecule has 4 fully saturated rings. The molecule has 3 aromatic heterocycles. The van der Waals surface area contributed by atoms with Crippen LogP contribution in [0.3, 0.4) is 0 Å². The standard InChI is InChI=1S/C53H88N18O19S2/c1-24-15-70(53(84)67-49(24)83)18-33(75)69(17-31(73)62-6-8-68(16-30(58)72)34(76)19-71-23-66-37-47(61)64-22-65-48(37)71)9-7-63-32(74)21-92-11-5-3-2-4-10-91-20-29-45(89-51-36(60)42(81)40(79)28(14-55)86-51)43(82)52(87-29)90-46-38(77)25(56)12-26(57)44(46)88-50-35(59)41(80)39(78)27(13-54)85-50/h15,22-23,25-29,35-36,38-46,50-52,77-82H,2-14,16-21,54-57,59-60H2,1H3,(H2,58,72)(H,62,73)(H,63,74)(H2,61,64,65)(H,67,83,84)/t25-,26+,27-,28+,29-,35-,36-,38+,39-,40-,41-,42-,43-,44-,45-,46-,50-,51-,52+/m1/s1. The zero-order chi connectivity index (χ0) is 67.1. The van der Waals surface area contributed by atoms with Crippen molar-refractivity contribution in [3.05, 3.63) is 45.3 Å². The molecule has 0 aromatic carbocycles. The summed E-state index contributed by atoms with van der Waals surface area (Å²) in [4.78, 5) is 106. The number of nitrogens with one attached hydrogen (secondary N) is 3. The summed E-state index contributed by atoms with van der Waals surface area (Å²) in [5, 5.41) is 71.0. The maximum atomic E-state index is 13.6. The first kappa shape index (κ1) is 73.8. The number of unbranched alkanes of at least 4 members (excludes halogenated alkanes) is 3. The number of hydrogen-bond donors (Lipinski definition) is 17. The number of carbonyl (C=O) groups is 5. The Labute approximate surface area is 535 Å². The number of primary amides is 1. The molecule has 3 aliphatic heterocycles. The number of aromatic amines is 1. The molecule has 3 aromatic rings. The van der Waals surface area contributed by atoms with E-state index in [-0.39, 0.29) is 92.2 Å². The van der Waals surface area contributed by atoms with Crippen LogP contribution in [0.2, 0.25) is 0 Å². The minimum atomic E-state index is -1.59. The molecule has 0 unspecified atom stereocenters. The molecule has 1 saturated carbocycles. The number of aliphatic hydroxyl groups excluding tert-OH is 6. The van der Waals surface area contributed by atoms with Crippen molar-refractivity contribution >= 4 is 70.0 Å². The molecule has 6 heterocycles. The Morgan fingerprint density at radius 3 is 1.84 bits per heavy atom. The van der Waals surface area contributed by atoms with Gasteiger partial charge >= 0.3 is 5.69 Å². The smallest absolute Gasteiger partial charge is 0.328 e. The van der Waals surface area contributed by atoms with Crippen LogP contribution in [-0.2, 0) is 65.5 Å². The van der Waals surface area contributed by atoms with Crippen LogP contribution in [-0.4, -0.2) is 291 Å². The summed E-state index contributed by atoms with van der Waals surface area (Å²) >= 11 is 2.87. The van der Waals surface area contributed by atoms with Crippen molar-refractivity contribution in [3.8, 4) is 0 Å². The van der Waals surface area contributed by atoms with Crippen LogP contribution in [0.15, 0.2) is 28.4 Å². The van der Waals surface area contributed by atoms with E-state index in [1.54, 1.807) is 0 Å². The SMILES string of the molecule is Cc1cn(CC(=O)N(CCNC(=O)CSCCCCCCSC[C@H]2O[C@@H](O[C@@H]3[C@@H](O)[C@H](N)C[C@H](N)[C@H]3O[C@H]3O[C@H](CN)[C@@H](O)[C@H](O)[C@H]3N)[C@H](O)[C@@H]2O[C@H]2O[C@@H](CN)[C@@H](O)[C@H](O)[C@H]2N)CC(=O)NCCN(CC(N)=O)C(=O)Cn2cnc3c(N)ncnc32)c(=O)[nH]c1=O. The Morgan fingerprint density at radius 2 is 1.23 bits per heavy atom. The van der Waals surface area contributed by atoms with Gasteiger partial charge in [0.2, 0.25) is 29.5 Å². The van der Waals surface area contributed by atoms with Crippen LogP contribution in [0.25, 0.3) is 11.2 Å². The summed E-state index contributed by atoms with van der Waals surface area (Å²) in [7, 11) is 0. The minimum Gasteiger partial charge on any atom is -0.389 e.